The Morgan fingerprint density at radius 2 is 0.853 bits per heavy atom. The van der Waals surface area contributed by atoms with Crippen molar-refractivity contribution in [1.82, 2.24) is 0 Å². The van der Waals surface area contributed by atoms with Crippen LogP contribution in [0, 0.1) is 0 Å². The Hall–Kier alpha value is -3.77. The van der Waals surface area contributed by atoms with Gasteiger partial charge in [-0.25, -0.2) is 0 Å². The van der Waals surface area contributed by atoms with E-state index in [0.29, 0.717) is 0 Å². The van der Waals surface area contributed by atoms with Crippen LogP contribution in [0.2, 0.25) is 0 Å². The number of anilines is 2. The Morgan fingerprint density at radius 1 is 0.500 bits per heavy atom. The maximum atomic E-state index is 13.8. The molecule has 4 N–H and O–H groups in total. The summed E-state index contributed by atoms with van der Waals surface area (Å²) >= 11 is 0. The average molecular weight is 496 g/mol. The molecule has 0 spiro atoms. The molecule has 3 aromatic rings. The number of alkyl halides is 9. The van der Waals surface area contributed by atoms with Gasteiger partial charge >= 0.3 is 18.5 Å². The minimum absolute atomic E-state index is 0.0229. The van der Waals surface area contributed by atoms with Gasteiger partial charge in [0.1, 0.15) is 34.1 Å². The summed E-state index contributed by atoms with van der Waals surface area (Å²) in [6.45, 7) is 0. The van der Waals surface area contributed by atoms with Crippen molar-refractivity contribution in [3.63, 3.8) is 0 Å². The molecule has 0 aliphatic rings. The number of nitrogens with two attached hydrogens (primary N) is 2. The quantitative estimate of drug-likeness (QED) is 0.290. The Balaban J connectivity index is 2.39. The number of hydrogen-bond donors (Lipinski definition) is 2. The van der Waals surface area contributed by atoms with Crippen LogP contribution >= 0.6 is 0 Å². The van der Waals surface area contributed by atoms with Crippen molar-refractivity contribution in [2.24, 2.45) is 0 Å². The van der Waals surface area contributed by atoms with Gasteiger partial charge in [-0.1, -0.05) is 12.1 Å². The summed E-state index contributed by atoms with van der Waals surface area (Å²) in [5.41, 5.74) is 2.59. The second-order valence-corrected chi connectivity index (χ2v) is 6.84. The zero-order chi connectivity index (χ0) is 25.5. The molecule has 34 heavy (non-hydrogen) atoms. The van der Waals surface area contributed by atoms with E-state index >= 15 is 0 Å². The largest absolute Gasteiger partial charge is 0.456 e. The Bertz CT molecular complexity index is 1120. The van der Waals surface area contributed by atoms with Crippen molar-refractivity contribution >= 4 is 11.4 Å². The average Bonchev–Trinajstić information content (AvgIpc) is 2.65. The summed E-state index contributed by atoms with van der Waals surface area (Å²) in [6.07, 6.45) is -17.9. The fourth-order valence-electron chi connectivity index (χ4n) is 3.05. The van der Waals surface area contributed by atoms with E-state index < -0.39 is 58.2 Å². The third-order valence-corrected chi connectivity index (χ3v) is 4.28. The molecule has 182 valence electrons. The normalized spacial score (nSPS) is 12.5. The highest BCUT2D eigenvalue weighted by Gasteiger charge is 2.54. The molecule has 0 fully saturated rings. The van der Waals surface area contributed by atoms with E-state index in [-0.39, 0.29) is 17.4 Å². The molecular weight excluding hydrogens is 483 g/mol. The van der Waals surface area contributed by atoms with Crippen LogP contribution < -0.4 is 20.9 Å². The molecule has 0 saturated heterocycles. The molecule has 0 radical (unpaired) electrons. The molecule has 13 heteroatoms. The highest BCUT2D eigenvalue weighted by Crippen LogP contribution is 2.54. The van der Waals surface area contributed by atoms with E-state index in [4.69, 9.17) is 20.9 Å². The van der Waals surface area contributed by atoms with Gasteiger partial charge in [-0.15, -0.1) is 0 Å². The van der Waals surface area contributed by atoms with Gasteiger partial charge in [-0.3, -0.25) is 0 Å². The van der Waals surface area contributed by atoms with Gasteiger partial charge in [0.05, 0.1) is 5.56 Å². The fraction of sp³-hybridized carbons (Fsp3) is 0.143. The molecule has 0 atom stereocenters. The highest BCUT2D eigenvalue weighted by atomic mass is 19.4. The fourth-order valence-corrected chi connectivity index (χ4v) is 3.05. The van der Waals surface area contributed by atoms with E-state index in [1.807, 2.05) is 0 Å². The Morgan fingerprint density at radius 3 is 1.15 bits per heavy atom. The maximum Gasteiger partial charge on any atom is 0.420 e. The molecular formula is C21H13F9N2O2. The number of ether oxygens (including phenoxy) is 2. The third-order valence-electron chi connectivity index (χ3n) is 4.28. The minimum atomic E-state index is -6.10. The first-order valence-electron chi connectivity index (χ1n) is 9.06. The minimum Gasteiger partial charge on any atom is -0.456 e. The summed E-state index contributed by atoms with van der Waals surface area (Å²) in [5.74, 6) is -4.05. The van der Waals surface area contributed by atoms with E-state index in [1.165, 1.54) is 24.3 Å². The summed E-state index contributed by atoms with van der Waals surface area (Å²) in [5, 5.41) is 0. The molecule has 0 bridgehead atoms. The van der Waals surface area contributed by atoms with Gasteiger partial charge in [0.2, 0.25) is 0 Å². The van der Waals surface area contributed by atoms with Crippen LogP contribution in [-0.2, 0) is 18.5 Å². The third kappa shape index (κ3) is 5.41. The first-order chi connectivity index (χ1) is 15.6. The molecule has 0 heterocycles. The molecule has 0 aliphatic carbocycles. The van der Waals surface area contributed by atoms with Crippen molar-refractivity contribution in [2.75, 3.05) is 11.5 Å². The lowest BCUT2D eigenvalue weighted by Crippen LogP contribution is -2.24. The molecule has 0 amide bonds. The highest BCUT2D eigenvalue weighted by molar-refractivity contribution is 5.59. The molecule has 3 aromatic carbocycles. The molecule has 0 aliphatic heterocycles. The van der Waals surface area contributed by atoms with Gasteiger partial charge in [-0.05, 0) is 24.3 Å². The number of nitrogen functional groups attached to an aromatic ring is 2. The number of hydrogen-bond acceptors (Lipinski definition) is 4. The van der Waals surface area contributed by atoms with Crippen LogP contribution in [0.1, 0.15) is 16.7 Å². The molecule has 0 unspecified atom stereocenters. The van der Waals surface area contributed by atoms with Gasteiger partial charge in [0.25, 0.3) is 0 Å². The van der Waals surface area contributed by atoms with Crippen LogP contribution in [0.3, 0.4) is 0 Å². The molecule has 3 rings (SSSR count). The second-order valence-electron chi connectivity index (χ2n) is 6.84. The predicted octanol–water partition coefficient (Wildman–Crippen LogP) is 7.49. The first-order valence-corrected chi connectivity index (χ1v) is 9.06. The Kier molecular flexibility index (Phi) is 6.24. The van der Waals surface area contributed by atoms with Crippen LogP contribution in [0.5, 0.6) is 23.0 Å². The van der Waals surface area contributed by atoms with Crippen molar-refractivity contribution in [3.8, 4) is 23.0 Å². The van der Waals surface area contributed by atoms with Gasteiger partial charge in [0, 0.05) is 29.6 Å². The van der Waals surface area contributed by atoms with Crippen LogP contribution in [0.4, 0.5) is 50.9 Å². The number of halogens is 9. The maximum absolute atomic E-state index is 13.8. The van der Waals surface area contributed by atoms with Crippen molar-refractivity contribution in [1.29, 1.82) is 0 Å². The smallest absolute Gasteiger partial charge is 0.420 e. The predicted molar refractivity (Wildman–Crippen MR) is 103 cm³/mol. The summed E-state index contributed by atoms with van der Waals surface area (Å²) in [7, 11) is 0. The van der Waals surface area contributed by atoms with E-state index in [1.54, 1.807) is 0 Å². The summed E-state index contributed by atoms with van der Waals surface area (Å²) in [6, 6.07) is 9.20. The zero-order valence-corrected chi connectivity index (χ0v) is 16.6. The van der Waals surface area contributed by atoms with Gasteiger partial charge < -0.3 is 20.9 Å². The van der Waals surface area contributed by atoms with Crippen LogP contribution in [0.15, 0.2) is 54.6 Å². The first kappa shape index (κ1) is 24.9. The van der Waals surface area contributed by atoms with Crippen molar-refractivity contribution in [2.45, 2.75) is 18.5 Å². The van der Waals surface area contributed by atoms with Gasteiger partial charge in [-0.2, -0.15) is 39.5 Å². The van der Waals surface area contributed by atoms with Gasteiger partial charge in [0.15, 0.2) is 0 Å². The SMILES string of the molecule is Nc1cccc(Oc2cc(Oc3cccc(N)c3)c(C(F)(F)F)c(C(F)(F)F)c2C(F)(F)F)c1. The molecule has 4 nitrogen and oxygen atoms in total. The number of rotatable bonds is 4. The van der Waals surface area contributed by atoms with Crippen molar-refractivity contribution < 1.29 is 49.0 Å². The lowest BCUT2D eigenvalue weighted by Gasteiger charge is -2.25. The summed E-state index contributed by atoms with van der Waals surface area (Å²) < 4.78 is 134. The monoisotopic (exact) mass is 496 g/mol. The lowest BCUT2D eigenvalue weighted by molar-refractivity contribution is -0.175. The van der Waals surface area contributed by atoms with E-state index in [0.717, 1.165) is 24.3 Å². The topological polar surface area (TPSA) is 70.5 Å². The molecule has 0 aromatic heterocycles. The van der Waals surface area contributed by atoms with Crippen LogP contribution in [0.25, 0.3) is 0 Å². The summed E-state index contributed by atoms with van der Waals surface area (Å²) in [4.78, 5) is 0. The lowest BCUT2D eigenvalue weighted by atomic mass is 9.96. The zero-order valence-electron chi connectivity index (χ0n) is 16.6. The van der Waals surface area contributed by atoms with E-state index in [2.05, 4.69) is 0 Å². The molecule has 0 saturated carbocycles. The van der Waals surface area contributed by atoms with Crippen LogP contribution in [-0.4, -0.2) is 0 Å². The second kappa shape index (κ2) is 8.54. The standard InChI is InChI=1S/C21H13F9N2O2/c22-19(23,24)16-14(33-12-5-1-3-10(31)7-12)9-15(34-13-6-2-4-11(32)8-13)17(20(25,26)27)18(16)21(28,29)30/h1-9H,31-32H2. The number of benzene rings is 3. The van der Waals surface area contributed by atoms with E-state index in [9.17, 15) is 39.5 Å². The Labute approximate surface area is 185 Å². The van der Waals surface area contributed by atoms with Crippen molar-refractivity contribution in [3.05, 3.63) is 71.3 Å².